The molecule has 4 heterocycles. The highest BCUT2D eigenvalue weighted by atomic mass is 16.6. The van der Waals surface area contributed by atoms with E-state index < -0.39 is 40.7 Å². The molecule has 1 aromatic heterocycles. The van der Waals surface area contributed by atoms with Crippen molar-refractivity contribution in [3.8, 4) is 0 Å². The molecule has 6 rings (SSSR count). The monoisotopic (exact) mass is 455 g/mol. The fourth-order valence-electron chi connectivity index (χ4n) is 5.40. The van der Waals surface area contributed by atoms with Gasteiger partial charge in [-0.05, 0) is 41.5 Å². The van der Waals surface area contributed by atoms with Crippen LogP contribution in [0.1, 0.15) is 27.7 Å². The van der Waals surface area contributed by atoms with Crippen LogP contribution in [-0.4, -0.2) is 33.5 Å². The van der Waals surface area contributed by atoms with E-state index in [4.69, 9.17) is 4.42 Å². The number of non-ortho nitro benzene ring substituents is 1. The maximum atomic E-state index is 13.7. The van der Waals surface area contributed by atoms with Crippen LogP contribution >= 0.6 is 0 Å². The zero-order valence-corrected chi connectivity index (χ0v) is 17.6. The summed E-state index contributed by atoms with van der Waals surface area (Å²) in [6.07, 6.45) is 5.04. The Morgan fingerprint density at radius 1 is 0.941 bits per heavy atom. The maximum Gasteiger partial charge on any atom is 0.269 e. The average molecular weight is 455 g/mol. The zero-order valence-electron chi connectivity index (χ0n) is 17.6. The molecule has 2 fully saturated rings. The molecule has 34 heavy (non-hydrogen) atoms. The van der Waals surface area contributed by atoms with Gasteiger partial charge in [0.05, 0.1) is 34.8 Å². The van der Waals surface area contributed by atoms with E-state index >= 15 is 0 Å². The highest BCUT2D eigenvalue weighted by Gasteiger charge is 2.64. The van der Waals surface area contributed by atoms with Crippen LogP contribution in [0.4, 0.5) is 11.4 Å². The number of rotatable bonds is 4. The number of hydrogen-bond donors (Lipinski definition) is 0. The first-order valence-electron chi connectivity index (χ1n) is 10.7. The molecule has 0 saturated carbocycles. The average Bonchev–Trinajstić information content (AvgIpc) is 3.55. The molecule has 0 spiro atoms. The lowest BCUT2D eigenvalue weighted by molar-refractivity contribution is -0.384. The number of hydrogen-bond acceptors (Lipinski definition) is 7. The van der Waals surface area contributed by atoms with Gasteiger partial charge in [-0.15, -0.1) is 0 Å². The summed E-state index contributed by atoms with van der Waals surface area (Å²) in [6, 6.07) is 14.6. The van der Waals surface area contributed by atoms with Gasteiger partial charge in [-0.1, -0.05) is 24.3 Å². The van der Waals surface area contributed by atoms with Crippen LogP contribution in [-0.2, 0) is 9.59 Å². The number of imide groups is 1. The van der Waals surface area contributed by atoms with Gasteiger partial charge in [0, 0.05) is 18.3 Å². The molecular weight excluding hydrogens is 438 g/mol. The number of anilines is 1. The molecule has 3 aliphatic heterocycles. The summed E-state index contributed by atoms with van der Waals surface area (Å²) in [5, 5.41) is 11.0. The summed E-state index contributed by atoms with van der Waals surface area (Å²) in [7, 11) is 0. The van der Waals surface area contributed by atoms with Crippen molar-refractivity contribution in [2.24, 2.45) is 11.8 Å². The van der Waals surface area contributed by atoms with Gasteiger partial charge in [0.2, 0.25) is 17.6 Å². The highest BCUT2D eigenvalue weighted by Crippen LogP contribution is 2.53. The normalized spacial score (nSPS) is 24.7. The fourth-order valence-corrected chi connectivity index (χ4v) is 5.40. The maximum absolute atomic E-state index is 13.7. The lowest BCUT2D eigenvalue weighted by Gasteiger charge is -2.35. The molecule has 3 aromatic rings. The van der Waals surface area contributed by atoms with E-state index in [2.05, 4.69) is 0 Å². The van der Waals surface area contributed by atoms with E-state index in [1.54, 1.807) is 23.2 Å². The first-order valence-corrected chi connectivity index (χ1v) is 10.7. The van der Waals surface area contributed by atoms with Crippen molar-refractivity contribution in [3.05, 3.63) is 100 Å². The minimum Gasteiger partial charge on any atom is -0.461 e. The van der Waals surface area contributed by atoms with E-state index in [1.165, 1.54) is 30.5 Å². The third-order valence-corrected chi connectivity index (χ3v) is 6.81. The van der Waals surface area contributed by atoms with E-state index in [0.29, 0.717) is 0 Å². The summed E-state index contributed by atoms with van der Waals surface area (Å²) >= 11 is 0. The Morgan fingerprint density at radius 3 is 2.38 bits per heavy atom. The number of carbonyl (C=O) groups excluding carboxylic acids is 3. The molecule has 168 valence electrons. The van der Waals surface area contributed by atoms with Gasteiger partial charge in [-0.2, -0.15) is 0 Å². The lowest BCUT2D eigenvalue weighted by atomic mass is 9.84. The number of nitrogens with zero attached hydrogens (tertiary/aromatic N) is 3. The van der Waals surface area contributed by atoms with Crippen molar-refractivity contribution in [1.82, 2.24) is 4.90 Å². The Morgan fingerprint density at radius 2 is 1.68 bits per heavy atom. The molecule has 0 N–H and O–H groups in total. The molecule has 4 atom stereocenters. The second kappa shape index (κ2) is 7.24. The smallest absolute Gasteiger partial charge is 0.269 e. The van der Waals surface area contributed by atoms with Crippen LogP contribution in [0.2, 0.25) is 0 Å². The number of Topliss-reactive ketones (excluding diaryl/α,β-unsaturated/α-hetero) is 1. The summed E-state index contributed by atoms with van der Waals surface area (Å²) in [6.45, 7) is 0. The number of carbonyl (C=O) groups is 3. The molecule has 2 amide bonds. The van der Waals surface area contributed by atoms with Gasteiger partial charge in [0.15, 0.2) is 5.76 Å². The molecule has 4 unspecified atom stereocenters. The Bertz CT molecular complexity index is 1380. The summed E-state index contributed by atoms with van der Waals surface area (Å²) < 4.78 is 5.34. The van der Waals surface area contributed by atoms with Crippen molar-refractivity contribution < 1.29 is 23.7 Å². The van der Waals surface area contributed by atoms with Gasteiger partial charge in [-0.25, -0.2) is 4.90 Å². The number of amides is 2. The van der Waals surface area contributed by atoms with Crippen LogP contribution in [0, 0.1) is 22.0 Å². The van der Waals surface area contributed by atoms with Crippen LogP contribution in [0.25, 0.3) is 6.08 Å². The Balaban J connectivity index is 1.47. The van der Waals surface area contributed by atoms with E-state index in [1.807, 2.05) is 30.3 Å². The van der Waals surface area contributed by atoms with Crippen LogP contribution in [0.5, 0.6) is 0 Å². The second-order valence-corrected chi connectivity index (χ2v) is 8.46. The van der Waals surface area contributed by atoms with Gasteiger partial charge in [-0.3, -0.25) is 24.5 Å². The number of nitro groups is 1. The molecule has 2 saturated heterocycles. The van der Waals surface area contributed by atoms with E-state index in [9.17, 15) is 24.5 Å². The Labute approximate surface area is 193 Å². The summed E-state index contributed by atoms with van der Waals surface area (Å²) in [4.78, 5) is 54.3. The standard InChI is InChI=1S/C25H17N3O6/c29-23(18-6-3-13-34-18)22-20-19(21-17-5-2-1-4-14(17)11-12-26(21)22)24(30)27(25(20)31)15-7-9-16(10-8-15)28(32)33/h1-13,19-22H. The Kier molecular flexibility index (Phi) is 4.28. The van der Waals surface area contributed by atoms with Crippen LogP contribution < -0.4 is 4.90 Å². The molecule has 0 aliphatic carbocycles. The minimum atomic E-state index is -0.930. The lowest BCUT2D eigenvalue weighted by Crippen LogP contribution is -2.44. The van der Waals surface area contributed by atoms with Gasteiger partial charge >= 0.3 is 0 Å². The fraction of sp³-hybridized carbons (Fsp3) is 0.160. The van der Waals surface area contributed by atoms with Crippen LogP contribution in [0.3, 0.4) is 0 Å². The van der Waals surface area contributed by atoms with E-state index in [0.717, 1.165) is 16.0 Å². The predicted octanol–water partition coefficient (Wildman–Crippen LogP) is 3.59. The van der Waals surface area contributed by atoms with Gasteiger partial charge in [0.1, 0.15) is 6.04 Å². The van der Waals surface area contributed by atoms with Gasteiger partial charge < -0.3 is 9.32 Å². The van der Waals surface area contributed by atoms with Crippen molar-refractivity contribution in [2.45, 2.75) is 12.1 Å². The van der Waals surface area contributed by atoms with Crippen molar-refractivity contribution in [3.63, 3.8) is 0 Å². The molecule has 2 aromatic carbocycles. The van der Waals surface area contributed by atoms with Crippen molar-refractivity contribution in [1.29, 1.82) is 0 Å². The number of nitro benzene ring substituents is 1. The van der Waals surface area contributed by atoms with Crippen molar-refractivity contribution in [2.75, 3.05) is 4.90 Å². The summed E-state index contributed by atoms with van der Waals surface area (Å²) in [5.74, 6) is -2.92. The molecule has 9 heteroatoms. The molecule has 0 radical (unpaired) electrons. The largest absolute Gasteiger partial charge is 0.461 e. The van der Waals surface area contributed by atoms with E-state index in [-0.39, 0.29) is 22.9 Å². The Hall–Kier alpha value is -4.53. The molecular formula is C25H17N3O6. The molecule has 9 nitrogen and oxygen atoms in total. The third-order valence-electron chi connectivity index (χ3n) is 6.81. The highest BCUT2D eigenvalue weighted by molar-refractivity contribution is 6.24. The summed E-state index contributed by atoms with van der Waals surface area (Å²) in [5.41, 5.74) is 1.88. The predicted molar refractivity (Wildman–Crippen MR) is 119 cm³/mol. The van der Waals surface area contributed by atoms with Gasteiger partial charge in [0.25, 0.3) is 5.69 Å². The number of furan rings is 1. The second-order valence-electron chi connectivity index (χ2n) is 8.46. The number of benzene rings is 2. The minimum absolute atomic E-state index is 0.116. The topological polar surface area (TPSA) is 114 Å². The number of ketones is 1. The van der Waals surface area contributed by atoms with Crippen LogP contribution in [0.15, 0.2) is 77.5 Å². The first kappa shape index (κ1) is 20.1. The molecule has 3 aliphatic rings. The zero-order chi connectivity index (χ0) is 23.6. The SMILES string of the molecule is O=C(c1ccco1)C1C2C(=O)N(c3ccc([N+](=O)[O-])cc3)C(=O)C2C2c3ccccc3C=CN12. The number of fused-ring (bicyclic) bond motifs is 5. The third kappa shape index (κ3) is 2.70. The quantitative estimate of drug-likeness (QED) is 0.256. The molecule has 0 bridgehead atoms. The first-order chi connectivity index (χ1) is 16.5. The van der Waals surface area contributed by atoms with Crippen molar-refractivity contribution >= 4 is 35.0 Å².